The van der Waals surface area contributed by atoms with Gasteiger partial charge in [-0.15, -0.1) is 0 Å². The summed E-state index contributed by atoms with van der Waals surface area (Å²) in [6.45, 7) is 0. The van der Waals surface area contributed by atoms with Crippen LogP contribution in [0, 0.1) is 0 Å². The summed E-state index contributed by atoms with van der Waals surface area (Å²) in [6.07, 6.45) is 3.34. The number of hydrogen-bond acceptors (Lipinski definition) is 3. The number of hydrogen-bond donors (Lipinski definition) is 1. The third-order valence-corrected chi connectivity index (χ3v) is 3.53. The van der Waals surface area contributed by atoms with Crippen molar-refractivity contribution in [1.29, 1.82) is 0 Å². The van der Waals surface area contributed by atoms with Crippen molar-refractivity contribution in [2.75, 3.05) is 7.11 Å². The van der Waals surface area contributed by atoms with Crippen molar-refractivity contribution in [2.24, 2.45) is 0 Å². The average molecular weight is 308 g/mol. The monoisotopic (exact) mass is 307 g/mol. The Morgan fingerprint density at radius 3 is 2.67 bits per heavy atom. The maximum absolute atomic E-state index is 10.2. The van der Waals surface area contributed by atoms with E-state index in [1.54, 1.807) is 19.5 Å². The van der Waals surface area contributed by atoms with Gasteiger partial charge in [0.2, 0.25) is 0 Å². The number of rotatable bonds is 4. The zero-order chi connectivity index (χ0) is 13.0. The van der Waals surface area contributed by atoms with Crippen molar-refractivity contribution < 1.29 is 9.84 Å². The van der Waals surface area contributed by atoms with E-state index < -0.39 is 6.10 Å². The molecule has 4 heteroatoms. The molecular formula is C14H14BrNO2. The molecule has 1 atom stereocenters. The molecule has 1 unspecified atom stereocenters. The van der Waals surface area contributed by atoms with Gasteiger partial charge in [-0.3, -0.25) is 4.98 Å². The van der Waals surface area contributed by atoms with Gasteiger partial charge in [0.15, 0.2) is 0 Å². The molecule has 0 fully saturated rings. The van der Waals surface area contributed by atoms with Gasteiger partial charge < -0.3 is 9.84 Å². The average Bonchev–Trinajstić information content (AvgIpc) is 2.42. The topological polar surface area (TPSA) is 42.4 Å². The second kappa shape index (κ2) is 5.98. The molecule has 0 saturated heterocycles. The second-order valence-corrected chi connectivity index (χ2v) is 4.81. The van der Waals surface area contributed by atoms with Gasteiger partial charge in [0, 0.05) is 23.3 Å². The van der Waals surface area contributed by atoms with Gasteiger partial charge in [0.05, 0.1) is 13.2 Å². The lowest BCUT2D eigenvalue weighted by atomic mass is 10.0. The molecule has 18 heavy (non-hydrogen) atoms. The minimum Gasteiger partial charge on any atom is -0.497 e. The van der Waals surface area contributed by atoms with Crippen LogP contribution < -0.4 is 4.74 Å². The van der Waals surface area contributed by atoms with E-state index in [0.717, 1.165) is 21.3 Å². The molecule has 0 aliphatic heterocycles. The maximum Gasteiger partial charge on any atom is 0.119 e. The number of ether oxygens (including phenoxy) is 1. The van der Waals surface area contributed by atoms with Gasteiger partial charge in [0.1, 0.15) is 5.75 Å². The second-order valence-electron chi connectivity index (χ2n) is 3.96. The fourth-order valence-corrected chi connectivity index (χ4v) is 2.15. The molecule has 0 bridgehead atoms. The Labute approximate surface area is 115 Å². The van der Waals surface area contributed by atoms with E-state index in [1.165, 1.54) is 0 Å². The predicted octanol–water partition coefficient (Wildman–Crippen LogP) is 3.13. The number of benzene rings is 1. The summed E-state index contributed by atoms with van der Waals surface area (Å²) < 4.78 is 6.15. The molecule has 1 N–H and O–H groups in total. The van der Waals surface area contributed by atoms with Crippen LogP contribution in [0.25, 0.3) is 0 Å². The quantitative estimate of drug-likeness (QED) is 0.943. The van der Waals surface area contributed by atoms with Crippen molar-refractivity contribution in [2.45, 2.75) is 12.5 Å². The first-order chi connectivity index (χ1) is 8.70. The molecule has 0 amide bonds. The van der Waals surface area contributed by atoms with Crippen LogP contribution in [0.1, 0.15) is 17.2 Å². The molecule has 0 saturated carbocycles. The fourth-order valence-electron chi connectivity index (χ4n) is 1.75. The Balaban J connectivity index is 2.18. The lowest BCUT2D eigenvalue weighted by Crippen LogP contribution is -2.02. The van der Waals surface area contributed by atoms with Crippen LogP contribution in [0.5, 0.6) is 5.75 Å². The van der Waals surface area contributed by atoms with E-state index >= 15 is 0 Å². The lowest BCUT2D eigenvalue weighted by Gasteiger charge is -2.13. The van der Waals surface area contributed by atoms with Gasteiger partial charge >= 0.3 is 0 Å². The molecule has 1 heterocycles. The summed E-state index contributed by atoms with van der Waals surface area (Å²) in [5.74, 6) is 0.787. The number of nitrogens with zero attached hydrogens (tertiary/aromatic N) is 1. The van der Waals surface area contributed by atoms with Crippen molar-refractivity contribution in [3.63, 3.8) is 0 Å². The third-order valence-electron chi connectivity index (χ3n) is 2.76. The maximum atomic E-state index is 10.2. The molecule has 0 spiro atoms. The minimum atomic E-state index is -0.545. The Morgan fingerprint density at radius 2 is 2.00 bits per heavy atom. The number of halogens is 1. The Bertz CT molecular complexity index is 516. The smallest absolute Gasteiger partial charge is 0.119 e. The fraction of sp³-hybridized carbons (Fsp3) is 0.214. The summed E-state index contributed by atoms with van der Waals surface area (Å²) in [7, 11) is 1.63. The first-order valence-corrected chi connectivity index (χ1v) is 6.40. The van der Waals surface area contributed by atoms with Crippen LogP contribution in [-0.2, 0) is 6.42 Å². The Kier molecular flexibility index (Phi) is 4.33. The predicted molar refractivity (Wildman–Crippen MR) is 73.6 cm³/mol. The van der Waals surface area contributed by atoms with Gasteiger partial charge in [-0.05, 0) is 41.5 Å². The highest BCUT2D eigenvalue weighted by molar-refractivity contribution is 9.10. The Hall–Kier alpha value is -1.39. The first kappa shape index (κ1) is 13.1. The van der Waals surface area contributed by atoms with E-state index in [9.17, 15) is 5.11 Å². The summed E-state index contributed by atoms with van der Waals surface area (Å²) in [5.41, 5.74) is 1.87. The largest absolute Gasteiger partial charge is 0.497 e. The molecule has 0 radical (unpaired) electrons. The summed E-state index contributed by atoms with van der Waals surface area (Å²) in [4.78, 5) is 3.94. The molecule has 3 nitrogen and oxygen atoms in total. The van der Waals surface area contributed by atoms with E-state index in [-0.39, 0.29) is 0 Å². The highest BCUT2D eigenvalue weighted by atomic mass is 79.9. The highest BCUT2D eigenvalue weighted by Gasteiger charge is 2.11. The van der Waals surface area contributed by atoms with E-state index in [2.05, 4.69) is 20.9 Å². The van der Waals surface area contributed by atoms with Gasteiger partial charge in [0.25, 0.3) is 0 Å². The van der Waals surface area contributed by atoms with Gasteiger partial charge in [-0.25, -0.2) is 0 Å². The van der Waals surface area contributed by atoms with Crippen LogP contribution in [0.4, 0.5) is 0 Å². The van der Waals surface area contributed by atoms with Crippen LogP contribution in [0.2, 0.25) is 0 Å². The van der Waals surface area contributed by atoms with Crippen LogP contribution >= 0.6 is 15.9 Å². The standard InChI is InChI=1S/C14H14BrNO2/c1-18-12-2-3-13(15)11(8-12)9-14(17)10-4-6-16-7-5-10/h2-8,14,17H,9H2,1H3. The normalized spacial score (nSPS) is 12.2. The number of aliphatic hydroxyl groups excluding tert-OH is 1. The number of aromatic nitrogens is 1. The minimum absolute atomic E-state index is 0.530. The van der Waals surface area contributed by atoms with Crippen LogP contribution in [-0.4, -0.2) is 17.2 Å². The molecule has 0 aliphatic rings. The van der Waals surface area contributed by atoms with Crippen molar-refractivity contribution in [1.82, 2.24) is 4.98 Å². The van der Waals surface area contributed by atoms with Crippen LogP contribution in [0.3, 0.4) is 0 Å². The molecule has 2 rings (SSSR count). The zero-order valence-electron chi connectivity index (χ0n) is 10.0. The summed E-state index contributed by atoms with van der Waals surface area (Å²) in [5, 5.41) is 10.2. The van der Waals surface area contributed by atoms with Crippen molar-refractivity contribution >= 4 is 15.9 Å². The summed E-state index contributed by atoms with van der Waals surface area (Å²) >= 11 is 3.48. The van der Waals surface area contributed by atoms with Crippen molar-refractivity contribution in [3.8, 4) is 5.75 Å². The summed E-state index contributed by atoms with van der Waals surface area (Å²) in [6, 6.07) is 9.37. The molecule has 0 aliphatic carbocycles. The molecule has 2 aromatic rings. The van der Waals surface area contributed by atoms with Crippen LogP contribution in [0.15, 0.2) is 47.2 Å². The number of aliphatic hydroxyl groups is 1. The molecule has 1 aromatic heterocycles. The molecule has 94 valence electrons. The lowest BCUT2D eigenvalue weighted by molar-refractivity contribution is 0.178. The van der Waals surface area contributed by atoms with E-state index in [1.807, 2.05) is 30.3 Å². The highest BCUT2D eigenvalue weighted by Crippen LogP contribution is 2.27. The van der Waals surface area contributed by atoms with Gasteiger partial charge in [-0.1, -0.05) is 15.9 Å². The first-order valence-electron chi connectivity index (χ1n) is 5.61. The number of pyridine rings is 1. The number of methoxy groups -OCH3 is 1. The molecular weight excluding hydrogens is 294 g/mol. The Morgan fingerprint density at radius 1 is 1.28 bits per heavy atom. The zero-order valence-corrected chi connectivity index (χ0v) is 11.6. The van der Waals surface area contributed by atoms with Crippen molar-refractivity contribution in [3.05, 3.63) is 58.3 Å². The SMILES string of the molecule is COc1ccc(Br)c(CC(O)c2ccncc2)c1. The third kappa shape index (κ3) is 3.09. The van der Waals surface area contributed by atoms with E-state index in [0.29, 0.717) is 6.42 Å². The van der Waals surface area contributed by atoms with Gasteiger partial charge in [-0.2, -0.15) is 0 Å². The van der Waals surface area contributed by atoms with E-state index in [4.69, 9.17) is 4.74 Å². The molecule has 1 aromatic carbocycles.